The van der Waals surface area contributed by atoms with Gasteiger partial charge >= 0.3 is 11.9 Å². The second kappa shape index (κ2) is 5.19. The van der Waals surface area contributed by atoms with Crippen LogP contribution >= 0.6 is 0 Å². The molecule has 2 aliphatic rings. The van der Waals surface area contributed by atoms with Crippen molar-refractivity contribution in [2.75, 3.05) is 0 Å². The third-order valence-corrected chi connectivity index (χ3v) is 5.35. The highest BCUT2D eigenvalue weighted by molar-refractivity contribution is 5.77. The molecule has 1 N–H and O–H groups in total. The summed E-state index contributed by atoms with van der Waals surface area (Å²) in [7, 11) is 0. The molecule has 0 aromatic rings. The lowest BCUT2D eigenvalue weighted by Gasteiger charge is -2.38. The van der Waals surface area contributed by atoms with E-state index in [9.17, 15) is 14.4 Å². The Morgan fingerprint density at radius 2 is 2.10 bits per heavy atom. The molecular weight excluding hydrogens is 260 g/mol. The van der Waals surface area contributed by atoms with Gasteiger partial charge in [0.2, 0.25) is 0 Å². The molecular formula is C15H22O5. The molecule has 1 saturated carbocycles. The van der Waals surface area contributed by atoms with Crippen LogP contribution in [-0.2, 0) is 19.1 Å². The molecule has 6 atom stereocenters. The highest BCUT2D eigenvalue weighted by Gasteiger charge is 2.57. The molecule has 0 radical (unpaired) electrons. The summed E-state index contributed by atoms with van der Waals surface area (Å²) in [6, 6.07) is 0. The van der Waals surface area contributed by atoms with Gasteiger partial charge in [-0.2, -0.15) is 0 Å². The summed E-state index contributed by atoms with van der Waals surface area (Å²) in [5, 5.41) is 9.12. The first-order valence-electron chi connectivity index (χ1n) is 7.20. The molecule has 2 fully saturated rings. The summed E-state index contributed by atoms with van der Waals surface area (Å²) in [5.74, 6) is -1.56. The molecule has 1 aliphatic carbocycles. The minimum Gasteiger partial charge on any atom is -0.481 e. The lowest BCUT2D eigenvalue weighted by Crippen LogP contribution is -2.45. The Morgan fingerprint density at radius 1 is 1.45 bits per heavy atom. The van der Waals surface area contributed by atoms with Gasteiger partial charge < -0.3 is 14.6 Å². The molecule has 0 spiro atoms. The molecule has 1 heterocycles. The summed E-state index contributed by atoms with van der Waals surface area (Å²) in [4.78, 5) is 34.7. The first-order valence-corrected chi connectivity index (χ1v) is 7.20. The molecule has 5 nitrogen and oxygen atoms in total. The van der Waals surface area contributed by atoms with Crippen LogP contribution in [0.15, 0.2) is 0 Å². The molecule has 5 heteroatoms. The van der Waals surface area contributed by atoms with E-state index in [-0.39, 0.29) is 36.1 Å². The molecule has 0 amide bonds. The first-order chi connectivity index (χ1) is 9.31. The van der Waals surface area contributed by atoms with Gasteiger partial charge in [0.25, 0.3) is 0 Å². The summed E-state index contributed by atoms with van der Waals surface area (Å²) in [6.07, 6.45) is 1.88. The number of fused-ring (bicyclic) bond motifs is 1. The SMILES string of the molecule is CC1CCC2C(C)C(=O)OC2C(C)(C=O)C1CC(=O)O. The summed E-state index contributed by atoms with van der Waals surface area (Å²) < 4.78 is 5.46. The van der Waals surface area contributed by atoms with Crippen LogP contribution in [0.3, 0.4) is 0 Å². The Kier molecular flexibility index (Phi) is 3.89. The fourth-order valence-electron chi connectivity index (χ4n) is 3.99. The highest BCUT2D eigenvalue weighted by atomic mass is 16.6. The number of hydrogen-bond donors (Lipinski definition) is 1. The third kappa shape index (κ3) is 2.23. The number of rotatable bonds is 3. The Morgan fingerprint density at radius 3 is 2.65 bits per heavy atom. The average Bonchev–Trinajstić information content (AvgIpc) is 2.63. The van der Waals surface area contributed by atoms with E-state index < -0.39 is 17.5 Å². The van der Waals surface area contributed by atoms with Crippen LogP contribution in [0.2, 0.25) is 0 Å². The van der Waals surface area contributed by atoms with Crippen LogP contribution in [0.25, 0.3) is 0 Å². The zero-order chi connectivity index (χ0) is 15.1. The van der Waals surface area contributed by atoms with Crippen LogP contribution in [0.1, 0.15) is 40.0 Å². The number of carboxylic acids is 1. The van der Waals surface area contributed by atoms with Crippen molar-refractivity contribution in [1.29, 1.82) is 0 Å². The standard InChI is InChI=1S/C15H22O5/c1-8-4-5-10-9(2)14(19)20-13(10)15(3,7-16)11(8)6-12(17)18/h7-11,13H,4-6H2,1-3H3,(H,17,18). The summed E-state index contributed by atoms with van der Waals surface area (Å²) in [6.45, 7) is 5.57. The van der Waals surface area contributed by atoms with Gasteiger partial charge in [0.05, 0.1) is 11.3 Å². The van der Waals surface area contributed by atoms with E-state index >= 15 is 0 Å². The van der Waals surface area contributed by atoms with Crippen molar-refractivity contribution in [2.45, 2.75) is 46.1 Å². The van der Waals surface area contributed by atoms with Gasteiger partial charge in [-0.25, -0.2) is 0 Å². The van der Waals surface area contributed by atoms with Crippen molar-refractivity contribution >= 4 is 18.2 Å². The fourth-order valence-corrected chi connectivity index (χ4v) is 3.99. The Balaban J connectivity index is 2.41. The average molecular weight is 282 g/mol. The smallest absolute Gasteiger partial charge is 0.309 e. The maximum atomic E-state index is 11.8. The molecule has 2 rings (SSSR count). The van der Waals surface area contributed by atoms with Crippen LogP contribution in [0.5, 0.6) is 0 Å². The molecule has 0 aromatic carbocycles. The van der Waals surface area contributed by atoms with Crippen molar-refractivity contribution in [2.24, 2.45) is 29.1 Å². The zero-order valence-corrected chi connectivity index (χ0v) is 12.2. The molecule has 0 bridgehead atoms. The molecule has 0 aromatic heterocycles. The maximum absolute atomic E-state index is 11.8. The Hall–Kier alpha value is -1.39. The van der Waals surface area contributed by atoms with Crippen molar-refractivity contribution < 1.29 is 24.2 Å². The normalized spacial score (nSPS) is 44.4. The molecule has 20 heavy (non-hydrogen) atoms. The van der Waals surface area contributed by atoms with E-state index in [0.717, 1.165) is 19.1 Å². The third-order valence-electron chi connectivity index (χ3n) is 5.35. The number of aliphatic carboxylic acids is 1. The zero-order valence-electron chi connectivity index (χ0n) is 12.2. The number of hydrogen-bond acceptors (Lipinski definition) is 4. The van der Waals surface area contributed by atoms with Crippen LogP contribution in [0, 0.1) is 29.1 Å². The van der Waals surface area contributed by atoms with E-state index in [1.165, 1.54) is 0 Å². The van der Waals surface area contributed by atoms with Gasteiger partial charge in [-0.3, -0.25) is 9.59 Å². The van der Waals surface area contributed by atoms with Gasteiger partial charge in [0.1, 0.15) is 12.4 Å². The number of aldehydes is 1. The number of ether oxygens (including phenoxy) is 1. The summed E-state index contributed by atoms with van der Waals surface area (Å²) in [5.41, 5.74) is -0.917. The van der Waals surface area contributed by atoms with Crippen molar-refractivity contribution in [3.63, 3.8) is 0 Å². The van der Waals surface area contributed by atoms with Crippen LogP contribution in [-0.4, -0.2) is 29.4 Å². The second-order valence-electron chi connectivity index (χ2n) is 6.55. The molecule has 1 saturated heterocycles. The predicted molar refractivity (Wildman–Crippen MR) is 70.8 cm³/mol. The van der Waals surface area contributed by atoms with E-state index in [2.05, 4.69) is 0 Å². The second-order valence-corrected chi connectivity index (χ2v) is 6.55. The largest absolute Gasteiger partial charge is 0.481 e. The number of esters is 1. The monoisotopic (exact) mass is 282 g/mol. The number of carbonyl (C=O) groups is 3. The van der Waals surface area contributed by atoms with Crippen molar-refractivity contribution in [3.05, 3.63) is 0 Å². The predicted octanol–water partition coefficient (Wildman–Crippen LogP) is 1.89. The minimum absolute atomic E-state index is 0.0129. The van der Waals surface area contributed by atoms with E-state index in [4.69, 9.17) is 9.84 Å². The Bertz CT molecular complexity index is 426. The van der Waals surface area contributed by atoms with Gasteiger partial charge in [-0.1, -0.05) is 13.8 Å². The van der Waals surface area contributed by atoms with E-state index in [1.54, 1.807) is 6.92 Å². The first kappa shape index (κ1) is 15.0. The molecule has 6 unspecified atom stereocenters. The van der Waals surface area contributed by atoms with Crippen molar-refractivity contribution in [3.8, 4) is 0 Å². The fraction of sp³-hybridized carbons (Fsp3) is 0.800. The quantitative estimate of drug-likeness (QED) is 0.631. The number of carbonyl (C=O) groups excluding carboxylic acids is 2. The van der Waals surface area contributed by atoms with E-state index in [1.807, 2.05) is 13.8 Å². The van der Waals surface area contributed by atoms with E-state index in [0.29, 0.717) is 0 Å². The van der Waals surface area contributed by atoms with Gasteiger partial charge in [-0.05, 0) is 31.6 Å². The minimum atomic E-state index is -0.917. The Labute approximate surface area is 118 Å². The van der Waals surface area contributed by atoms with Gasteiger partial charge in [0.15, 0.2) is 0 Å². The van der Waals surface area contributed by atoms with Gasteiger partial charge in [0, 0.05) is 12.3 Å². The van der Waals surface area contributed by atoms with Crippen LogP contribution < -0.4 is 0 Å². The van der Waals surface area contributed by atoms with Gasteiger partial charge in [-0.15, -0.1) is 0 Å². The maximum Gasteiger partial charge on any atom is 0.309 e. The van der Waals surface area contributed by atoms with Crippen LogP contribution in [0.4, 0.5) is 0 Å². The summed E-state index contributed by atoms with van der Waals surface area (Å²) >= 11 is 0. The molecule has 1 aliphatic heterocycles. The lowest BCUT2D eigenvalue weighted by atomic mass is 9.66. The topological polar surface area (TPSA) is 80.7 Å². The lowest BCUT2D eigenvalue weighted by molar-refractivity contribution is -0.154. The van der Waals surface area contributed by atoms with Crippen molar-refractivity contribution in [1.82, 2.24) is 0 Å². The molecule has 112 valence electrons. The highest BCUT2D eigenvalue weighted by Crippen LogP contribution is 2.51. The number of carboxylic acid groups (broad SMARTS) is 1.